The molecule has 1 aromatic carbocycles. The molecule has 0 nitrogen and oxygen atoms in total. The van der Waals surface area contributed by atoms with Gasteiger partial charge in [-0.1, -0.05) is 32.0 Å². The predicted molar refractivity (Wildman–Crippen MR) is 54.8 cm³/mol. The van der Waals surface area contributed by atoms with Gasteiger partial charge in [-0.2, -0.15) is 0 Å². The lowest BCUT2D eigenvalue weighted by molar-refractivity contribution is 0.863. The third kappa shape index (κ3) is 2.01. The van der Waals surface area contributed by atoms with Crippen molar-refractivity contribution in [3.8, 4) is 0 Å². The summed E-state index contributed by atoms with van der Waals surface area (Å²) in [6, 6.07) is 6.52. The summed E-state index contributed by atoms with van der Waals surface area (Å²) < 4.78 is 0. The first-order valence-corrected chi connectivity index (χ1v) is 4.84. The summed E-state index contributed by atoms with van der Waals surface area (Å²) in [6.07, 6.45) is 0. The van der Waals surface area contributed by atoms with Crippen molar-refractivity contribution in [3.05, 3.63) is 34.9 Å². The molecule has 1 heteroatoms. The van der Waals surface area contributed by atoms with Crippen LogP contribution in [0.1, 0.15) is 36.5 Å². The molecule has 0 radical (unpaired) electrons. The Hall–Kier alpha value is -0.490. The molecule has 0 amide bonds. The van der Waals surface area contributed by atoms with Crippen molar-refractivity contribution < 1.29 is 0 Å². The molecule has 0 spiro atoms. The summed E-state index contributed by atoms with van der Waals surface area (Å²) >= 11 is 5.81. The molecule has 66 valence electrons. The van der Waals surface area contributed by atoms with Crippen molar-refractivity contribution in [3.63, 3.8) is 0 Å². The Morgan fingerprint density at radius 3 is 2.50 bits per heavy atom. The van der Waals surface area contributed by atoms with Crippen LogP contribution in [0.4, 0.5) is 0 Å². The first kappa shape index (κ1) is 9.60. The van der Waals surface area contributed by atoms with Crippen molar-refractivity contribution in [2.75, 3.05) is 0 Å². The lowest BCUT2D eigenvalue weighted by atomic mass is 9.99. The number of alkyl halides is 1. The smallest absolute Gasteiger partial charge is 0.0476 e. The van der Waals surface area contributed by atoms with Crippen LogP contribution in [-0.2, 0) is 5.88 Å². The zero-order valence-electron chi connectivity index (χ0n) is 7.89. The second kappa shape index (κ2) is 3.95. The van der Waals surface area contributed by atoms with Crippen LogP contribution in [0.25, 0.3) is 0 Å². The summed E-state index contributed by atoms with van der Waals surface area (Å²) in [5.41, 5.74) is 3.91. The van der Waals surface area contributed by atoms with Gasteiger partial charge in [0.05, 0.1) is 0 Å². The summed E-state index contributed by atoms with van der Waals surface area (Å²) in [6.45, 7) is 6.49. The molecule has 0 fully saturated rings. The standard InChI is InChI=1S/C11H15Cl/c1-8(2)10-5-4-9(3)11(6-10)7-12/h4-6,8H,7H2,1-3H3. The van der Waals surface area contributed by atoms with E-state index in [1.165, 1.54) is 16.7 Å². The van der Waals surface area contributed by atoms with Crippen LogP contribution >= 0.6 is 11.6 Å². The van der Waals surface area contributed by atoms with Gasteiger partial charge in [-0.25, -0.2) is 0 Å². The van der Waals surface area contributed by atoms with Crippen molar-refractivity contribution in [1.29, 1.82) is 0 Å². The molecule has 0 aliphatic heterocycles. The van der Waals surface area contributed by atoms with E-state index >= 15 is 0 Å². The van der Waals surface area contributed by atoms with E-state index in [0.717, 1.165) is 0 Å². The van der Waals surface area contributed by atoms with Crippen molar-refractivity contribution in [2.45, 2.75) is 32.6 Å². The largest absolute Gasteiger partial charge is 0.122 e. The van der Waals surface area contributed by atoms with Crippen molar-refractivity contribution in [1.82, 2.24) is 0 Å². The van der Waals surface area contributed by atoms with Gasteiger partial charge in [0, 0.05) is 5.88 Å². The number of halogens is 1. The fourth-order valence-corrected chi connectivity index (χ4v) is 1.48. The summed E-state index contributed by atoms with van der Waals surface area (Å²) in [7, 11) is 0. The SMILES string of the molecule is Cc1ccc(C(C)C)cc1CCl. The summed E-state index contributed by atoms with van der Waals surface area (Å²) in [4.78, 5) is 0. The Balaban J connectivity index is 3.05. The second-order valence-electron chi connectivity index (χ2n) is 3.47. The monoisotopic (exact) mass is 182 g/mol. The fraction of sp³-hybridized carbons (Fsp3) is 0.455. The number of aryl methyl sites for hydroxylation is 1. The van der Waals surface area contributed by atoms with Crippen LogP contribution in [0.15, 0.2) is 18.2 Å². The number of benzene rings is 1. The number of rotatable bonds is 2. The molecule has 0 saturated carbocycles. The summed E-state index contributed by atoms with van der Waals surface area (Å²) in [5, 5.41) is 0. The molecule has 0 N–H and O–H groups in total. The molecular formula is C11H15Cl. The summed E-state index contributed by atoms with van der Waals surface area (Å²) in [5.74, 6) is 1.21. The van der Waals surface area contributed by atoms with Gasteiger partial charge >= 0.3 is 0 Å². The van der Waals surface area contributed by atoms with Gasteiger partial charge in [0.15, 0.2) is 0 Å². The first-order chi connectivity index (χ1) is 5.65. The Labute approximate surface area is 79.6 Å². The Kier molecular flexibility index (Phi) is 3.16. The van der Waals surface area contributed by atoms with E-state index in [9.17, 15) is 0 Å². The maximum Gasteiger partial charge on any atom is 0.0476 e. The first-order valence-electron chi connectivity index (χ1n) is 4.30. The highest BCUT2D eigenvalue weighted by molar-refractivity contribution is 6.17. The molecule has 0 heterocycles. The average molecular weight is 183 g/mol. The molecule has 0 aromatic heterocycles. The normalized spacial score (nSPS) is 10.8. The molecular weight excluding hydrogens is 168 g/mol. The molecule has 0 aliphatic rings. The lowest BCUT2D eigenvalue weighted by Gasteiger charge is -2.08. The third-order valence-corrected chi connectivity index (χ3v) is 2.47. The highest BCUT2D eigenvalue weighted by atomic mass is 35.5. The highest BCUT2D eigenvalue weighted by Crippen LogP contribution is 2.19. The van der Waals surface area contributed by atoms with E-state index in [0.29, 0.717) is 11.8 Å². The van der Waals surface area contributed by atoms with Crippen LogP contribution < -0.4 is 0 Å². The second-order valence-corrected chi connectivity index (χ2v) is 3.74. The number of hydrogen-bond donors (Lipinski definition) is 0. The molecule has 0 unspecified atom stereocenters. The molecule has 1 aromatic rings. The average Bonchev–Trinajstić information content (AvgIpc) is 2.05. The predicted octanol–water partition coefficient (Wildman–Crippen LogP) is 3.86. The van der Waals surface area contributed by atoms with Crippen LogP contribution in [0, 0.1) is 6.92 Å². The van der Waals surface area contributed by atoms with Crippen LogP contribution in [0.5, 0.6) is 0 Å². The lowest BCUT2D eigenvalue weighted by Crippen LogP contribution is -1.91. The van der Waals surface area contributed by atoms with Gasteiger partial charge in [0.2, 0.25) is 0 Å². The molecule has 0 bridgehead atoms. The Bertz CT molecular complexity index is 264. The molecule has 0 aliphatic carbocycles. The van der Waals surface area contributed by atoms with Gasteiger partial charge in [0.1, 0.15) is 0 Å². The van der Waals surface area contributed by atoms with E-state index in [1.807, 2.05) is 0 Å². The quantitative estimate of drug-likeness (QED) is 0.610. The van der Waals surface area contributed by atoms with Crippen molar-refractivity contribution in [2.24, 2.45) is 0 Å². The fourth-order valence-electron chi connectivity index (χ4n) is 1.19. The zero-order valence-corrected chi connectivity index (χ0v) is 8.65. The Morgan fingerprint density at radius 2 is 2.00 bits per heavy atom. The topological polar surface area (TPSA) is 0 Å². The van der Waals surface area contributed by atoms with Gasteiger partial charge in [-0.15, -0.1) is 11.6 Å². The van der Waals surface area contributed by atoms with Crippen LogP contribution in [-0.4, -0.2) is 0 Å². The van der Waals surface area contributed by atoms with Gasteiger partial charge in [-0.3, -0.25) is 0 Å². The van der Waals surface area contributed by atoms with Crippen molar-refractivity contribution >= 4 is 11.6 Å². The maximum absolute atomic E-state index is 5.81. The number of hydrogen-bond acceptors (Lipinski definition) is 0. The third-order valence-electron chi connectivity index (χ3n) is 2.18. The van der Waals surface area contributed by atoms with E-state index in [1.54, 1.807) is 0 Å². The van der Waals surface area contributed by atoms with E-state index in [-0.39, 0.29) is 0 Å². The molecule has 0 atom stereocenters. The minimum absolute atomic E-state index is 0.590. The van der Waals surface area contributed by atoms with Gasteiger partial charge < -0.3 is 0 Å². The van der Waals surface area contributed by atoms with Crippen LogP contribution in [0.3, 0.4) is 0 Å². The van der Waals surface area contributed by atoms with Gasteiger partial charge in [-0.05, 0) is 29.5 Å². The highest BCUT2D eigenvalue weighted by Gasteiger charge is 2.01. The molecule has 1 rings (SSSR count). The molecule has 12 heavy (non-hydrogen) atoms. The Morgan fingerprint density at radius 1 is 1.33 bits per heavy atom. The van der Waals surface area contributed by atoms with E-state index in [2.05, 4.69) is 39.0 Å². The minimum Gasteiger partial charge on any atom is -0.122 e. The van der Waals surface area contributed by atoms with Gasteiger partial charge in [0.25, 0.3) is 0 Å². The van der Waals surface area contributed by atoms with E-state index < -0.39 is 0 Å². The zero-order chi connectivity index (χ0) is 9.14. The molecule has 0 saturated heterocycles. The van der Waals surface area contributed by atoms with Crippen LogP contribution in [0.2, 0.25) is 0 Å². The van der Waals surface area contributed by atoms with E-state index in [4.69, 9.17) is 11.6 Å². The maximum atomic E-state index is 5.81. The minimum atomic E-state index is 0.590.